The van der Waals surface area contributed by atoms with Gasteiger partial charge in [0.2, 0.25) is 0 Å². The molecule has 0 unspecified atom stereocenters. The number of hydrogen-bond donors (Lipinski definition) is 2. The Morgan fingerprint density at radius 1 is 1.12 bits per heavy atom. The largest absolute Gasteiger partial charge is 0.461 e. The highest BCUT2D eigenvalue weighted by Gasteiger charge is 2.39. The van der Waals surface area contributed by atoms with Gasteiger partial charge in [-0.15, -0.1) is 0 Å². The number of hydrogen-bond acceptors (Lipinski definition) is 11. The van der Waals surface area contributed by atoms with Crippen molar-refractivity contribution in [3.63, 3.8) is 0 Å². The molecule has 3 atom stereocenters. The molecule has 0 fully saturated rings. The Hall–Kier alpha value is -1.74. The zero-order valence-corrected chi connectivity index (χ0v) is 19.2. The van der Waals surface area contributed by atoms with Crippen molar-refractivity contribution < 1.29 is 51.1 Å². The first-order valence-electron chi connectivity index (χ1n) is 8.32. The van der Waals surface area contributed by atoms with Gasteiger partial charge in [-0.1, -0.05) is 40.0 Å². The molecule has 32 heavy (non-hydrogen) atoms. The second-order valence-electron chi connectivity index (χ2n) is 5.62. The molecule has 16 heteroatoms. The highest BCUT2D eigenvalue weighted by molar-refractivity contribution is 7.87. The maximum atomic E-state index is 14.7. The number of aliphatic hydroxyl groups excluding tert-OH is 2. The first kappa shape index (κ1) is 28.3. The standard InChI is InChI=1S/C16H17Cl3FNO10S/c1-28-21-4-11(20)16(30-15(25)6-23)12(7-29-14(24)5-22)31-32(26,27)13-3-9(18)8(17)2-10(13)19/h2-4,11-12,16,22-23H,5-7H2,1H3/t11-,12-,16+/m1/s1. The minimum absolute atomic E-state index is 0.0709. The van der Waals surface area contributed by atoms with Crippen molar-refractivity contribution in [3.05, 3.63) is 27.2 Å². The second-order valence-corrected chi connectivity index (χ2v) is 8.38. The highest BCUT2D eigenvalue weighted by Crippen LogP contribution is 2.33. The third-order valence-corrected chi connectivity index (χ3v) is 5.94. The molecule has 1 aromatic carbocycles. The predicted octanol–water partition coefficient (Wildman–Crippen LogP) is 1.13. The molecule has 2 N–H and O–H groups in total. The van der Waals surface area contributed by atoms with E-state index in [2.05, 4.69) is 14.7 Å². The summed E-state index contributed by atoms with van der Waals surface area (Å²) in [6.07, 6.45) is -6.01. The SMILES string of the molecule is CON=C[C@@H](F)[C@H](OC(=O)CO)[C@@H](COC(=O)CO)OS(=O)(=O)c1cc(Cl)c(Cl)cc1Cl. The van der Waals surface area contributed by atoms with Gasteiger partial charge in [-0.25, -0.2) is 14.0 Å². The van der Waals surface area contributed by atoms with Gasteiger partial charge in [-0.3, -0.25) is 4.18 Å². The Morgan fingerprint density at radius 2 is 1.72 bits per heavy atom. The molecule has 1 aromatic rings. The Morgan fingerprint density at radius 3 is 2.28 bits per heavy atom. The van der Waals surface area contributed by atoms with E-state index in [0.29, 0.717) is 6.21 Å². The molecule has 0 saturated carbocycles. The topological polar surface area (TPSA) is 158 Å². The van der Waals surface area contributed by atoms with E-state index in [9.17, 15) is 22.4 Å². The zero-order chi connectivity index (χ0) is 24.5. The minimum Gasteiger partial charge on any atom is -0.461 e. The third-order valence-electron chi connectivity index (χ3n) is 3.42. The fourth-order valence-electron chi connectivity index (χ4n) is 2.05. The van der Waals surface area contributed by atoms with Crippen LogP contribution in [0.1, 0.15) is 0 Å². The number of carbonyl (C=O) groups excluding carboxylic acids is 2. The maximum Gasteiger partial charge on any atom is 0.332 e. The molecule has 0 radical (unpaired) electrons. The number of esters is 2. The van der Waals surface area contributed by atoms with Gasteiger partial charge in [0.1, 0.15) is 31.8 Å². The summed E-state index contributed by atoms with van der Waals surface area (Å²) in [5, 5.41) is 20.2. The minimum atomic E-state index is -4.85. The number of ether oxygens (including phenoxy) is 2. The molecule has 0 aliphatic heterocycles. The van der Waals surface area contributed by atoms with E-state index < -0.39 is 70.2 Å². The van der Waals surface area contributed by atoms with Gasteiger partial charge in [-0.05, 0) is 12.1 Å². The summed E-state index contributed by atoms with van der Waals surface area (Å²) in [6.45, 7) is -3.30. The van der Waals surface area contributed by atoms with E-state index in [-0.39, 0.29) is 10.0 Å². The van der Waals surface area contributed by atoms with Crippen molar-refractivity contribution in [2.75, 3.05) is 26.9 Å². The van der Waals surface area contributed by atoms with Crippen LogP contribution >= 0.6 is 34.8 Å². The summed E-state index contributed by atoms with van der Waals surface area (Å²) < 4.78 is 54.4. The number of halogens is 4. The Bertz CT molecular complexity index is 946. The lowest BCUT2D eigenvalue weighted by Crippen LogP contribution is -2.46. The van der Waals surface area contributed by atoms with Gasteiger partial charge in [-0.2, -0.15) is 8.42 Å². The van der Waals surface area contributed by atoms with Crippen molar-refractivity contribution >= 4 is 63.1 Å². The normalized spacial score (nSPS) is 14.6. The van der Waals surface area contributed by atoms with Crippen LogP contribution in [0.3, 0.4) is 0 Å². The molecule has 0 aliphatic rings. The van der Waals surface area contributed by atoms with E-state index >= 15 is 0 Å². The fourth-order valence-corrected chi connectivity index (χ4v) is 4.10. The van der Waals surface area contributed by atoms with E-state index in [4.69, 9.17) is 53.9 Å². The van der Waals surface area contributed by atoms with Crippen molar-refractivity contribution in [1.29, 1.82) is 0 Å². The molecule has 0 heterocycles. The maximum absolute atomic E-state index is 14.7. The van der Waals surface area contributed by atoms with Gasteiger partial charge in [0.05, 0.1) is 21.3 Å². The monoisotopic (exact) mass is 539 g/mol. The number of nitrogens with zero attached hydrogens (tertiary/aromatic N) is 1. The summed E-state index contributed by atoms with van der Waals surface area (Å²) in [5.41, 5.74) is 0. The molecule has 0 bridgehead atoms. The lowest BCUT2D eigenvalue weighted by molar-refractivity contribution is -0.165. The number of benzene rings is 1. The van der Waals surface area contributed by atoms with Crippen LogP contribution in [0, 0.1) is 0 Å². The summed E-state index contributed by atoms with van der Waals surface area (Å²) in [6, 6.07) is 1.86. The molecule has 0 spiro atoms. The molecule has 180 valence electrons. The summed E-state index contributed by atoms with van der Waals surface area (Å²) in [7, 11) is -3.78. The second kappa shape index (κ2) is 13.1. The zero-order valence-electron chi connectivity index (χ0n) is 16.1. The van der Waals surface area contributed by atoms with E-state index in [1.54, 1.807) is 0 Å². The molecular weight excluding hydrogens is 524 g/mol. The Kier molecular flexibility index (Phi) is 11.6. The lowest BCUT2D eigenvalue weighted by Gasteiger charge is -2.27. The van der Waals surface area contributed by atoms with Gasteiger partial charge < -0.3 is 24.5 Å². The lowest BCUT2D eigenvalue weighted by atomic mass is 10.1. The van der Waals surface area contributed by atoms with Crippen LogP contribution < -0.4 is 0 Å². The van der Waals surface area contributed by atoms with Crippen molar-refractivity contribution in [1.82, 2.24) is 0 Å². The molecule has 0 amide bonds. The van der Waals surface area contributed by atoms with Crippen molar-refractivity contribution in [2.24, 2.45) is 5.16 Å². The van der Waals surface area contributed by atoms with Crippen LogP contribution in [-0.4, -0.2) is 82.1 Å². The third kappa shape index (κ3) is 8.31. The number of alkyl halides is 1. The summed E-state index contributed by atoms with van der Waals surface area (Å²) in [4.78, 5) is 26.5. The van der Waals surface area contributed by atoms with Gasteiger partial charge in [0.25, 0.3) is 10.1 Å². The van der Waals surface area contributed by atoms with Crippen LogP contribution in [0.4, 0.5) is 4.39 Å². The van der Waals surface area contributed by atoms with E-state index in [0.717, 1.165) is 19.2 Å². The summed E-state index contributed by atoms with van der Waals surface area (Å²) >= 11 is 17.5. The fraction of sp³-hybridized carbons (Fsp3) is 0.438. The van der Waals surface area contributed by atoms with Gasteiger partial charge in [0, 0.05) is 0 Å². The molecule has 0 aliphatic carbocycles. The molecule has 11 nitrogen and oxygen atoms in total. The van der Waals surface area contributed by atoms with Crippen LogP contribution in [0.5, 0.6) is 0 Å². The summed E-state index contributed by atoms with van der Waals surface area (Å²) in [5.74, 6) is -2.59. The van der Waals surface area contributed by atoms with Crippen molar-refractivity contribution in [2.45, 2.75) is 23.3 Å². The van der Waals surface area contributed by atoms with E-state index in [1.807, 2.05) is 0 Å². The quantitative estimate of drug-likeness (QED) is 0.129. The first-order valence-corrected chi connectivity index (χ1v) is 10.9. The average Bonchev–Trinajstić information content (AvgIpc) is 2.74. The molecule has 0 saturated heterocycles. The van der Waals surface area contributed by atoms with Crippen LogP contribution in [0.2, 0.25) is 15.1 Å². The highest BCUT2D eigenvalue weighted by atomic mass is 35.5. The van der Waals surface area contributed by atoms with E-state index in [1.165, 1.54) is 0 Å². The average molecular weight is 541 g/mol. The molecule has 1 rings (SSSR count). The number of oxime groups is 1. The number of rotatable bonds is 12. The number of aliphatic hydroxyl groups is 2. The van der Waals surface area contributed by atoms with Gasteiger partial charge in [0.15, 0.2) is 18.4 Å². The van der Waals surface area contributed by atoms with Crippen LogP contribution in [0.25, 0.3) is 0 Å². The smallest absolute Gasteiger partial charge is 0.332 e. The predicted molar refractivity (Wildman–Crippen MR) is 109 cm³/mol. The Labute approximate surface area is 196 Å². The molecular formula is C16H17Cl3FNO10S. The van der Waals surface area contributed by atoms with Crippen LogP contribution in [0.15, 0.2) is 22.2 Å². The van der Waals surface area contributed by atoms with Crippen molar-refractivity contribution in [3.8, 4) is 0 Å². The number of carbonyl (C=O) groups is 2. The first-order chi connectivity index (χ1) is 15.0. The van der Waals surface area contributed by atoms with Gasteiger partial charge >= 0.3 is 11.9 Å². The molecule has 0 aromatic heterocycles. The Balaban J connectivity index is 3.40. The van der Waals surface area contributed by atoms with Crippen LogP contribution in [-0.2, 0) is 38.2 Å².